The number of ether oxygens (including phenoxy) is 1. The lowest BCUT2D eigenvalue weighted by molar-refractivity contribution is -0.122. The van der Waals surface area contributed by atoms with E-state index >= 15 is 0 Å². The number of rotatable bonds is 3. The number of esters is 1. The summed E-state index contributed by atoms with van der Waals surface area (Å²) in [6.07, 6.45) is 1.30. The Hall–Kier alpha value is -1.63. The van der Waals surface area contributed by atoms with Crippen molar-refractivity contribution in [2.45, 2.75) is 25.8 Å². The highest BCUT2D eigenvalue weighted by atomic mass is 32.1. The molecule has 2 heterocycles. The summed E-state index contributed by atoms with van der Waals surface area (Å²) in [5.74, 6) is -0.284. The summed E-state index contributed by atoms with van der Waals surface area (Å²) >= 11 is 1.28. The fourth-order valence-corrected chi connectivity index (χ4v) is 2.73. The average Bonchev–Trinajstić information content (AvgIpc) is 2.72. The third kappa shape index (κ3) is 2.79. The van der Waals surface area contributed by atoms with Gasteiger partial charge in [-0.1, -0.05) is 11.3 Å². The number of amides is 1. The second kappa shape index (κ2) is 5.34. The molecule has 7 heteroatoms. The van der Waals surface area contributed by atoms with E-state index in [0.717, 1.165) is 6.42 Å². The average molecular weight is 269 g/mol. The van der Waals surface area contributed by atoms with Gasteiger partial charge in [-0.2, -0.15) is 0 Å². The number of carbonyl (C=O) groups is 2. The maximum absolute atomic E-state index is 11.4. The number of aromatic nitrogens is 1. The van der Waals surface area contributed by atoms with Gasteiger partial charge in [0.15, 0.2) is 5.13 Å². The predicted molar refractivity (Wildman–Crippen MR) is 67.8 cm³/mol. The molecule has 1 aromatic heterocycles. The number of carbonyl (C=O) groups excluding carboxylic acids is 2. The molecule has 0 saturated carbocycles. The Kier molecular flexibility index (Phi) is 3.81. The van der Waals surface area contributed by atoms with Gasteiger partial charge >= 0.3 is 5.97 Å². The van der Waals surface area contributed by atoms with Crippen molar-refractivity contribution in [1.82, 2.24) is 10.3 Å². The zero-order valence-electron chi connectivity index (χ0n) is 10.3. The van der Waals surface area contributed by atoms with Crippen molar-refractivity contribution in [3.63, 3.8) is 0 Å². The fraction of sp³-hybridized carbons (Fsp3) is 0.545. The Morgan fingerprint density at radius 1 is 1.61 bits per heavy atom. The zero-order chi connectivity index (χ0) is 13.1. The Labute approximate surface area is 109 Å². The lowest BCUT2D eigenvalue weighted by Crippen LogP contribution is -2.41. The summed E-state index contributed by atoms with van der Waals surface area (Å²) in [6.45, 7) is 2.36. The first-order valence-electron chi connectivity index (χ1n) is 5.69. The van der Waals surface area contributed by atoms with Gasteiger partial charge in [0.25, 0.3) is 0 Å². The highest BCUT2D eigenvalue weighted by molar-refractivity contribution is 7.17. The van der Waals surface area contributed by atoms with Crippen LogP contribution < -0.4 is 10.6 Å². The van der Waals surface area contributed by atoms with Crippen LogP contribution in [-0.4, -0.2) is 36.6 Å². The highest BCUT2D eigenvalue weighted by Crippen LogP contribution is 2.24. The number of piperidine rings is 1. The molecule has 1 saturated heterocycles. The monoisotopic (exact) mass is 269 g/mol. The minimum Gasteiger partial charge on any atom is -0.465 e. The maximum atomic E-state index is 11.4. The molecule has 0 spiro atoms. The first kappa shape index (κ1) is 12.8. The third-order valence-electron chi connectivity index (χ3n) is 2.76. The van der Waals surface area contributed by atoms with E-state index < -0.39 is 0 Å². The summed E-state index contributed by atoms with van der Waals surface area (Å²) in [5.41, 5.74) is 0.661. The number of hydrogen-bond donors (Lipinski definition) is 2. The summed E-state index contributed by atoms with van der Waals surface area (Å²) in [5, 5.41) is 6.71. The number of nitrogens with zero attached hydrogens (tertiary/aromatic N) is 1. The van der Waals surface area contributed by atoms with E-state index in [9.17, 15) is 9.59 Å². The van der Waals surface area contributed by atoms with E-state index in [-0.39, 0.29) is 17.9 Å². The molecule has 1 aliphatic heterocycles. The van der Waals surface area contributed by atoms with Gasteiger partial charge in [-0.3, -0.25) is 4.79 Å². The maximum Gasteiger partial charge on any atom is 0.350 e. The van der Waals surface area contributed by atoms with Gasteiger partial charge in [0.2, 0.25) is 5.91 Å². The largest absolute Gasteiger partial charge is 0.465 e. The standard InChI is InChI=1S/C11H15N3O3S/c1-6-9(10(16)17-2)18-11(13-6)14-7-3-4-8(15)12-5-7/h7H,3-5H2,1-2H3,(H,12,15)(H,13,14). The van der Waals surface area contributed by atoms with Gasteiger partial charge in [0, 0.05) is 19.0 Å². The van der Waals surface area contributed by atoms with Gasteiger partial charge in [0.05, 0.1) is 12.8 Å². The Bertz CT molecular complexity index is 462. The number of methoxy groups -OCH3 is 1. The van der Waals surface area contributed by atoms with Crippen molar-refractivity contribution < 1.29 is 14.3 Å². The van der Waals surface area contributed by atoms with Crippen LogP contribution in [0.25, 0.3) is 0 Å². The topological polar surface area (TPSA) is 80.3 Å². The molecule has 1 fully saturated rings. The summed E-state index contributed by atoms with van der Waals surface area (Å²) < 4.78 is 4.68. The summed E-state index contributed by atoms with van der Waals surface area (Å²) in [6, 6.07) is 0.166. The van der Waals surface area contributed by atoms with E-state index in [0.29, 0.717) is 28.7 Å². The van der Waals surface area contributed by atoms with Crippen molar-refractivity contribution in [3.8, 4) is 0 Å². The van der Waals surface area contributed by atoms with E-state index in [4.69, 9.17) is 0 Å². The van der Waals surface area contributed by atoms with Crippen LogP contribution in [0.2, 0.25) is 0 Å². The Balaban J connectivity index is 2.02. The number of anilines is 1. The van der Waals surface area contributed by atoms with Crippen molar-refractivity contribution >= 4 is 28.3 Å². The van der Waals surface area contributed by atoms with Crippen LogP contribution in [0.1, 0.15) is 28.2 Å². The molecule has 1 aromatic rings. The molecule has 6 nitrogen and oxygen atoms in total. The quantitative estimate of drug-likeness (QED) is 0.798. The molecule has 0 bridgehead atoms. The van der Waals surface area contributed by atoms with E-state index in [1.54, 1.807) is 6.92 Å². The zero-order valence-corrected chi connectivity index (χ0v) is 11.1. The predicted octanol–water partition coefficient (Wildman–Crippen LogP) is 0.929. The van der Waals surface area contributed by atoms with E-state index in [1.807, 2.05) is 0 Å². The Morgan fingerprint density at radius 3 is 3.00 bits per heavy atom. The molecule has 1 unspecified atom stereocenters. The van der Waals surface area contributed by atoms with Crippen molar-refractivity contribution in [2.24, 2.45) is 0 Å². The van der Waals surface area contributed by atoms with Crippen LogP contribution >= 0.6 is 11.3 Å². The van der Waals surface area contributed by atoms with Crippen LogP contribution in [0.15, 0.2) is 0 Å². The molecule has 1 aliphatic rings. The molecular weight excluding hydrogens is 254 g/mol. The van der Waals surface area contributed by atoms with Crippen LogP contribution in [0.4, 0.5) is 5.13 Å². The number of aryl methyl sites for hydroxylation is 1. The Morgan fingerprint density at radius 2 is 2.39 bits per heavy atom. The molecule has 1 atom stereocenters. The fourth-order valence-electron chi connectivity index (χ4n) is 1.77. The number of nitrogens with one attached hydrogen (secondary N) is 2. The SMILES string of the molecule is COC(=O)c1sc(NC2CCC(=O)NC2)nc1C. The van der Waals surface area contributed by atoms with Gasteiger partial charge in [0.1, 0.15) is 4.88 Å². The first-order chi connectivity index (χ1) is 8.60. The lowest BCUT2D eigenvalue weighted by Gasteiger charge is -2.22. The molecule has 0 aromatic carbocycles. The highest BCUT2D eigenvalue weighted by Gasteiger charge is 2.21. The second-order valence-corrected chi connectivity index (χ2v) is 5.11. The van der Waals surface area contributed by atoms with Crippen LogP contribution in [0.5, 0.6) is 0 Å². The molecule has 18 heavy (non-hydrogen) atoms. The van der Waals surface area contributed by atoms with Crippen LogP contribution in [0.3, 0.4) is 0 Å². The van der Waals surface area contributed by atoms with Crippen molar-refractivity contribution in [3.05, 3.63) is 10.6 Å². The minimum atomic E-state index is -0.366. The molecule has 2 N–H and O–H groups in total. The summed E-state index contributed by atoms with van der Waals surface area (Å²) in [7, 11) is 1.35. The molecule has 0 radical (unpaired) electrons. The molecule has 0 aliphatic carbocycles. The van der Waals surface area contributed by atoms with Gasteiger partial charge in [-0.15, -0.1) is 0 Å². The number of thiazole rings is 1. The van der Waals surface area contributed by atoms with Crippen molar-refractivity contribution in [2.75, 3.05) is 19.0 Å². The van der Waals surface area contributed by atoms with Gasteiger partial charge in [-0.25, -0.2) is 9.78 Å². The lowest BCUT2D eigenvalue weighted by atomic mass is 10.1. The molecule has 98 valence electrons. The molecular formula is C11H15N3O3S. The third-order valence-corrected chi connectivity index (χ3v) is 3.83. The molecule has 1 amide bonds. The van der Waals surface area contributed by atoms with Crippen molar-refractivity contribution in [1.29, 1.82) is 0 Å². The van der Waals surface area contributed by atoms with Gasteiger partial charge < -0.3 is 15.4 Å². The summed E-state index contributed by atoms with van der Waals surface area (Å²) in [4.78, 5) is 27.3. The first-order valence-corrected chi connectivity index (χ1v) is 6.50. The molecule has 2 rings (SSSR count). The van der Waals surface area contributed by atoms with Crippen LogP contribution in [-0.2, 0) is 9.53 Å². The van der Waals surface area contributed by atoms with Gasteiger partial charge in [-0.05, 0) is 13.3 Å². The van der Waals surface area contributed by atoms with E-state index in [1.165, 1.54) is 18.4 Å². The van der Waals surface area contributed by atoms with Crippen LogP contribution in [0, 0.1) is 6.92 Å². The minimum absolute atomic E-state index is 0.0821. The second-order valence-electron chi connectivity index (χ2n) is 4.11. The normalized spacial score (nSPS) is 19.2. The number of hydrogen-bond acceptors (Lipinski definition) is 6. The van der Waals surface area contributed by atoms with E-state index in [2.05, 4.69) is 20.4 Å². The smallest absolute Gasteiger partial charge is 0.350 e.